The van der Waals surface area contributed by atoms with Crippen LogP contribution in [-0.4, -0.2) is 40.0 Å². The highest BCUT2D eigenvalue weighted by atomic mass is 32.3. The van der Waals surface area contributed by atoms with Gasteiger partial charge in [-0.25, -0.2) is 0 Å². The average Bonchev–Trinajstić information content (AvgIpc) is 2.23. The van der Waals surface area contributed by atoms with E-state index in [2.05, 4.69) is 18.0 Å². The summed E-state index contributed by atoms with van der Waals surface area (Å²) in [4.78, 5) is 4.22. The van der Waals surface area contributed by atoms with Crippen LogP contribution in [0.4, 0.5) is 0 Å². The molecule has 0 aromatic carbocycles. The normalized spacial score (nSPS) is 10.1. The van der Waals surface area contributed by atoms with E-state index in [1.807, 2.05) is 18.3 Å². The van der Waals surface area contributed by atoms with Crippen molar-refractivity contribution in [1.29, 1.82) is 0 Å². The molecule has 0 saturated carbocycles. The average molecular weight is 365 g/mol. The van der Waals surface area contributed by atoms with Gasteiger partial charge in [0.1, 0.15) is 0 Å². The number of aryl methyl sites for hydroxylation is 1. The Hall–Kier alpha value is -0.760. The van der Waals surface area contributed by atoms with E-state index in [0.29, 0.717) is 0 Å². The van der Waals surface area contributed by atoms with Crippen molar-refractivity contribution in [2.75, 3.05) is 0 Å². The summed E-state index contributed by atoms with van der Waals surface area (Å²) in [5.74, 6) is 0. The second kappa shape index (κ2) is 12.9. The Kier molecular flexibility index (Phi) is 15.5. The van der Waals surface area contributed by atoms with Crippen molar-refractivity contribution >= 4 is 34.3 Å². The summed E-state index contributed by atoms with van der Waals surface area (Å²) in [7, 11) is -9.33. The van der Waals surface area contributed by atoms with Crippen LogP contribution in [0.15, 0.2) is 24.4 Å². The standard InChI is InChI=1S/C9H13N.2H2O4S.H2S/c1-2-3-6-9-7-4-5-8-10-9;2*1-5(2,3)4;/h4-5,7-8H,2-3,6H2,1H3;2*(H2,1,2,3,4);1H2. The zero-order chi connectivity index (χ0) is 16.2. The Bertz CT molecular complexity index is 498. The molecule has 126 valence electrons. The molecule has 0 spiro atoms. The summed E-state index contributed by atoms with van der Waals surface area (Å²) < 4.78 is 63.2. The SMILES string of the molecule is CCCCc1ccccn1.O=S(=O)(O)O.O=S(=O)(O)O.S. The molecule has 0 fully saturated rings. The summed E-state index contributed by atoms with van der Waals surface area (Å²) in [6.45, 7) is 2.20. The van der Waals surface area contributed by atoms with Gasteiger partial charge in [-0.1, -0.05) is 19.4 Å². The van der Waals surface area contributed by atoms with E-state index in [1.165, 1.54) is 18.5 Å². The maximum absolute atomic E-state index is 8.74. The van der Waals surface area contributed by atoms with E-state index in [9.17, 15) is 0 Å². The monoisotopic (exact) mass is 365 g/mol. The molecule has 0 radical (unpaired) electrons. The van der Waals surface area contributed by atoms with Crippen LogP contribution in [0, 0.1) is 0 Å². The molecule has 0 saturated heterocycles. The minimum absolute atomic E-state index is 0. The van der Waals surface area contributed by atoms with Crippen molar-refractivity contribution in [2.45, 2.75) is 26.2 Å². The molecule has 1 aromatic heterocycles. The molecule has 9 nitrogen and oxygen atoms in total. The second-order valence-electron chi connectivity index (χ2n) is 3.32. The Morgan fingerprint density at radius 2 is 1.43 bits per heavy atom. The fourth-order valence-electron chi connectivity index (χ4n) is 0.904. The van der Waals surface area contributed by atoms with E-state index >= 15 is 0 Å². The number of aromatic nitrogens is 1. The third-order valence-electron chi connectivity index (χ3n) is 1.51. The molecule has 12 heteroatoms. The van der Waals surface area contributed by atoms with Gasteiger partial charge >= 0.3 is 20.8 Å². The van der Waals surface area contributed by atoms with E-state index in [0.717, 1.165) is 6.42 Å². The van der Waals surface area contributed by atoms with Crippen molar-refractivity contribution < 1.29 is 35.0 Å². The Balaban J connectivity index is -0.000000254. The molecule has 4 N–H and O–H groups in total. The van der Waals surface area contributed by atoms with Gasteiger partial charge in [-0.15, -0.1) is 0 Å². The van der Waals surface area contributed by atoms with Crippen LogP contribution in [0.5, 0.6) is 0 Å². The lowest BCUT2D eigenvalue weighted by Crippen LogP contribution is -1.89. The highest BCUT2D eigenvalue weighted by Crippen LogP contribution is 1.99. The minimum atomic E-state index is -4.67. The molecule has 0 unspecified atom stereocenters. The van der Waals surface area contributed by atoms with E-state index < -0.39 is 20.8 Å². The van der Waals surface area contributed by atoms with Crippen molar-refractivity contribution in [2.24, 2.45) is 0 Å². The highest BCUT2D eigenvalue weighted by Gasteiger charge is 1.89. The first-order valence-corrected chi connectivity index (χ1v) is 8.02. The summed E-state index contributed by atoms with van der Waals surface area (Å²) in [5.41, 5.74) is 1.21. The molecule has 0 atom stereocenters. The lowest BCUT2D eigenvalue weighted by Gasteiger charge is -1.95. The van der Waals surface area contributed by atoms with Crippen LogP contribution in [-0.2, 0) is 27.2 Å². The van der Waals surface area contributed by atoms with Gasteiger partial charge in [-0.05, 0) is 25.0 Å². The lowest BCUT2D eigenvalue weighted by atomic mass is 10.2. The van der Waals surface area contributed by atoms with Gasteiger partial charge < -0.3 is 0 Å². The maximum atomic E-state index is 8.74. The van der Waals surface area contributed by atoms with Crippen LogP contribution < -0.4 is 0 Å². The van der Waals surface area contributed by atoms with Gasteiger partial charge in [0.15, 0.2) is 0 Å². The van der Waals surface area contributed by atoms with Crippen molar-refractivity contribution in [1.82, 2.24) is 4.98 Å². The molecule has 0 amide bonds. The quantitative estimate of drug-likeness (QED) is 0.577. The van der Waals surface area contributed by atoms with Crippen LogP contribution >= 0.6 is 13.5 Å². The Morgan fingerprint density at radius 1 is 1.00 bits per heavy atom. The number of hydrogen-bond acceptors (Lipinski definition) is 5. The molecular weight excluding hydrogens is 346 g/mol. The lowest BCUT2D eigenvalue weighted by molar-refractivity contribution is 0.378. The summed E-state index contributed by atoms with van der Waals surface area (Å²) in [6, 6.07) is 6.07. The molecule has 0 aliphatic carbocycles. The first-order valence-electron chi connectivity index (χ1n) is 5.23. The summed E-state index contributed by atoms with van der Waals surface area (Å²) >= 11 is 0. The summed E-state index contributed by atoms with van der Waals surface area (Å²) in [6.07, 6.45) is 5.47. The van der Waals surface area contributed by atoms with Gasteiger partial charge in [0.25, 0.3) is 0 Å². The van der Waals surface area contributed by atoms with Gasteiger partial charge in [0.2, 0.25) is 0 Å². The minimum Gasteiger partial charge on any atom is -0.264 e. The zero-order valence-electron chi connectivity index (χ0n) is 11.1. The Morgan fingerprint density at radius 3 is 1.71 bits per heavy atom. The molecule has 1 aromatic rings. The van der Waals surface area contributed by atoms with E-state index in [-0.39, 0.29) is 13.5 Å². The predicted octanol–water partition coefficient (Wildman–Crippen LogP) is 1.23. The van der Waals surface area contributed by atoms with Gasteiger partial charge in [0, 0.05) is 11.9 Å². The van der Waals surface area contributed by atoms with Crippen molar-refractivity contribution in [3.8, 4) is 0 Å². The molecule has 1 rings (SSSR count). The highest BCUT2D eigenvalue weighted by molar-refractivity contribution is 7.80. The van der Waals surface area contributed by atoms with Gasteiger partial charge in [0.05, 0.1) is 0 Å². The van der Waals surface area contributed by atoms with E-state index in [1.54, 1.807) is 0 Å². The fraction of sp³-hybridized carbons (Fsp3) is 0.444. The third-order valence-corrected chi connectivity index (χ3v) is 1.51. The number of unbranched alkanes of at least 4 members (excludes halogenated alkanes) is 1. The largest absolute Gasteiger partial charge is 0.394 e. The zero-order valence-corrected chi connectivity index (χ0v) is 13.7. The van der Waals surface area contributed by atoms with Crippen LogP contribution in [0.2, 0.25) is 0 Å². The molecule has 0 aliphatic heterocycles. The van der Waals surface area contributed by atoms with Gasteiger partial charge in [-0.3, -0.25) is 23.2 Å². The molecule has 0 aliphatic rings. The van der Waals surface area contributed by atoms with Crippen LogP contribution in [0.1, 0.15) is 25.5 Å². The predicted molar refractivity (Wildman–Crippen MR) is 81.6 cm³/mol. The van der Waals surface area contributed by atoms with Crippen LogP contribution in [0.25, 0.3) is 0 Å². The van der Waals surface area contributed by atoms with Crippen LogP contribution in [0.3, 0.4) is 0 Å². The molecule has 21 heavy (non-hydrogen) atoms. The molecule has 0 bridgehead atoms. The smallest absolute Gasteiger partial charge is 0.264 e. The van der Waals surface area contributed by atoms with Gasteiger partial charge in [-0.2, -0.15) is 30.3 Å². The second-order valence-corrected chi connectivity index (χ2v) is 5.11. The first kappa shape index (κ1) is 25.2. The van der Waals surface area contributed by atoms with Crippen molar-refractivity contribution in [3.63, 3.8) is 0 Å². The third kappa shape index (κ3) is 45.3. The van der Waals surface area contributed by atoms with E-state index in [4.69, 9.17) is 35.0 Å². The van der Waals surface area contributed by atoms with Crippen molar-refractivity contribution in [3.05, 3.63) is 30.1 Å². The molecular formula is C9H19NO8S3. The number of pyridine rings is 1. The topological polar surface area (TPSA) is 162 Å². The molecule has 1 heterocycles. The maximum Gasteiger partial charge on any atom is 0.394 e. The number of rotatable bonds is 3. The number of hydrogen-bond donors (Lipinski definition) is 4. The summed E-state index contributed by atoms with van der Waals surface area (Å²) in [5, 5.41) is 0. The first-order chi connectivity index (χ1) is 8.93. The number of nitrogens with zero attached hydrogens (tertiary/aromatic N) is 1. The Labute approximate surface area is 131 Å². The fourth-order valence-corrected chi connectivity index (χ4v) is 0.904.